The van der Waals surface area contributed by atoms with Crippen LogP contribution in [0.4, 0.5) is 8.78 Å². The Hall–Kier alpha value is -2.21. The molecule has 0 aliphatic carbocycles. The fourth-order valence-corrected chi connectivity index (χ4v) is 3.19. The molecule has 6 heteroatoms. The lowest BCUT2D eigenvalue weighted by Crippen LogP contribution is -2.47. The van der Waals surface area contributed by atoms with Crippen molar-refractivity contribution in [1.82, 2.24) is 15.2 Å². The molecule has 1 aromatic carbocycles. The van der Waals surface area contributed by atoms with Crippen LogP contribution >= 0.6 is 0 Å². The molecule has 0 radical (unpaired) electrons. The average Bonchev–Trinajstić information content (AvgIpc) is 2.98. The molecule has 2 aromatic rings. The number of carbonyl (C=O) groups is 1. The van der Waals surface area contributed by atoms with Gasteiger partial charge in [0.15, 0.2) is 0 Å². The highest BCUT2D eigenvalue weighted by molar-refractivity contribution is 5.95. The van der Waals surface area contributed by atoms with Crippen molar-refractivity contribution in [2.24, 2.45) is 0 Å². The molecule has 2 N–H and O–H groups in total. The molecule has 24 heavy (non-hydrogen) atoms. The van der Waals surface area contributed by atoms with Crippen molar-refractivity contribution in [2.75, 3.05) is 13.1 Å². The second-order valence-electron chi connectivity index (χ2n) is 6.26. The zero-order valence-electron chi connectivity index (χ0n) is 13.6. The Morgan fingerprint density at radius 3 is 2.75 bits per heavy atom. The summed E-state index contributed by atoms with van der Waals surface area (Å²) in [5.74, 6) is -1.16. The van der Waals surface area contributed by atoms with Crippen LogP contribution in [0.15, 0.2) is 30.5 Å². The Bertz CT molecular complexity index is 709. The number of likely N-dealkylation sites (tertiary alicyclic amines) is 1. The van der Waals surface area contributed by atoms with Gasteiger partial charge in [-0.15, -0.1) is 0 Å². The first-order valence-corrected chi connectivity index (χ1v) is 8.14. The quantitative estimate of drug-likeness (QED) is 0.904. The number of aryl methyl sites for hydroxylation is 1. The Morgan fingerprint density at radius 2 is 2.08 bits per heavy atom. The molecule has 1 saturated heterocycles. The predicted octanol–water partition coefficient (Wildman–Crippen LogP) is 3.00. The number of piperidine rings is 1. The van der Waals surface area contributed by atoms with E-state index in [0.717, 1.165) is 25.1 Å². The topological polar surface area (TPSA) is 48.1 Å². The summed E-state index contributed by atoms with van der Waals surface area (Å²) >= 11 is 0. The first kappa shape index (κ1) is 16.6. The molecule has 0 saturated carbocycles. The van der Waals surface area contributed by atoms with Gasteiger partial charge in [-0.1, -0.05) is 6.07 Å². The Kier molecular flexibility index (Phi) is 4.94. The molecule has 1 aromatic heterocycles. The van der Waals surface area contributed by atoms with Crippen LogP contribution in [0.5, 0.6) is 0 Å². The molecule has 1 fully saturated rings. The molecule has 128 valence electrons. The lowest BCUT2D eigenvalue weighted by molar-refractivity contribution is 0.0899. The van der Waals surface area contributed by atoms with Crippen LogP contribution in [0, 0.1) is 18.6 Å². The number of hydrogen-bond acceptors (Lipinski definition) is 2. The molecule has 0 spiro atoms. The van der Waals surface area contributed by atoms with Crippen LogP contribution in [0.3, 0.4) is 0 Å². The maximum atomic E-state index is 13.8. The highest BCUT2D eigenvalue weighted by Gasteiger charge is 2.24. The van der Waals surface area contributed by atoms with E-state index in [0.29, 0.717) is 12.1 Å². The lowest BCUT2D eigenvalue weighted by Gasteiger charge is -2.33. The Balaban J connectivity index is 1.62. The molecule has 3 rings (SSSR count). The van der Waals surface area contributed by atoms with Crippen molar-refractivity contribution < 1.29 is 13.6 Å². The van der Waals surface area contributed by atoms with Gasteiger partial charge in [0.1, 0.15) is 11.6 Å². The van der Waals surface area contributed by atoms with E-state index in [2.05, 4.69) is 10.3 Å². The maximum absolute atomic E-state index is 13.8. The summed E-state index contributed by atoms with van der Waals surface area (Å²) in [5, 5.41) is 3.02. The zero-order chi connectivity index (χ0) is 17.1. The number of halogens is 2. The van der Waals surface area contributed by atoms with Crippen molar-refractivity contribution in [3.8, 4) is 0 Å². The summed E-state index contributed by atoms with van der Waals surface area (Å²) in [6.45, 7) is 3.42. The van der Waals surface area contributed by atoms with Crippen LogP contribution in [0.25, 0.3) is 0 Å². The van der Waals surface area contributed by atoms with Gasteiger partial charge in [-0.05, 0) is 44.5 Å². The third-order valence-corrected chi connectivity index (χ3v) is 4.48. The van der Waals surface area contributed by atoms with E-state index in [1.54, 1.807) is 12.3 Å². The number of nitrogens with one attached hydrogen (secondary N) is 2. The van der Waals surface area contributed by atoms with E-state index in [1.165, 1.54) is 18.2 Å². The minimum Gasteiger partial charge on any atom is -0.365 e. The molecule has 0 bridgehead atoms. The molecular weight excluding hydrogens is 312 g/mol. The standard InChI is InChI=1S/C18H21F2N3O/c1-12-14(7-8-21-12)18(24)22-13-4-3-9-23(10-13)11-15-16(19)5-2-6-17(15)20/h2,5-8,13,21H,3-4,9-11H2,1H3,(H,22,24). The highest BCUT2D eigenvalue weighted by Crippen LogP contribution is 2.18. The van der Waals surface area contributed by atoms with Gasteiger partial charge in [-0.3, -0.25) is 9.69 Å². The maximum Gasteiger partial charge on any atom is 0.253 e. The summed E-state index contributed by atoms with van der Waals surface area (Å²) in [6, 6.07) is 5.65. The lowest BCUT2D eigenvalue weighted by atomic mass is 10.0. The number of rotatable bonds is 4. The fraction of sp³-hybridized carbons (Fsp3) is 0.389. The van der Waals surface area contributed by atoms with E-state index >= 15 is 0 Å². The van der Waals surface area contributed by atoms with Crippen LogP contribution in [0.1, 0.15) is 34.5 Å². The van der Waals surface area contributed by atoms with Gasteiger partial charge < -0.3 is 10.3 Å². The highest BCUT2D eigenvalue weighted by atomic mass is 19.1. The van der Waals surface area contributed by atoms with Crippen molar-refractivity contribution in [3.63, 3.8) is 0 Å². The van der Waals surface area contributed by atoms with Gasteiger partial charge in [0, 0.05) is 36.6 Å². The summed E-state index contributed by atoms with van der Waals surface area (Å²) in [7, 11) is 0. The van der Waals surface area contributed by atoms with Gasteiger partial charge in [0.2, 0.25) is 0 Å². The third-order valence-electron chi connectivity index (χ3n) is 4.48. The molecule has 1 aliphatic heterocycles. The number of benzene rings is 1. The summed E-state index contributed by atoms with van der Waals surface area (Å²) < 4.78 is 27.6. The smallest absolute Gasteiger partial charge is 0.253 e. The SMILES string of the molecule is Cc1[nH]ccc1C(=O)NC1CCCN(Cc2c(F)cccc2F)C1. The molecule has 1 amide bonds. The van der Waals surface area contributed by atoms with Gasteiger partial charge in [0.05, 0.1) is 5.56 Å². The van der Waals surface area contributed by atoms with E-state index in [-0.39, 0.29) is 24.1 Å². The number of aromatic amines is 1. The minimum atomic E-state index is -0.524. The van der Waals surface area contributed by atoms with Gasteiger partial charge >= 0.3 is 0 Å². The number of amides is 1. The van der Waals surface area contributed by atoms with Crippen molar-refractivity contribution >= 4 is 5.91 Å². The van der Waals surface area contributed by atoms with Gasteiger partial charge in [0.25, 0.3) is 5.91 Å². The van der Waals surface area contributed by atoms with E-state index in [1.807, 2.05) is 11.8 Å². The fourth-order valence-electron chi connectivity index (χ4n) is 3.19. The first-order chi connectivity index (χ1) is 11.5. The molecule has 1 unspecified atom stereocenters. The number of carbonyl (C=O) groups excluding carboxylic acids is 1. The van der Waals surface area contributed by atoms with Gasteiger partial charge in [-0.2, -0.15) is 0 Å². The van der Waals surface area contributed by atoms with Gasteiger partial charge in [-0.25, -0.2) is 8.78 Å². The second-order valence-corrected chi connectivity index (χ2v) is 6.26. The van der Waals surface area contributed by atoms with Crippen molar-refractivity contribution in [3.05, 3.63) is 58.9 Å². The van der Waals surface area contributed by atoms with Crippen LogP contribution in [0.2, 0.25) is 0 Å². The van der Waals surface area contributed by atoms with E-state index in [4.69, 9.17) is 0 Å². The summed E-state index contributed by atoms with van der Waals surface area (Å²) in [5.41, 5.74) is 1.55. The minimum absolute atomic E-state index is 0.0182. The summed E-state index contributed by atoms with van der Waals surface area (Å²) in [4.78, 5) is 17.3. The van der Waals surface area contributed by atoms with Crippen molar-refractivity contribution in [2.45, 2.75) is 32.4 Å². The number of nitrogens with zero attached hydrogens (tertiary/aromatic N) is 1. The molecular formula is C18H21F2N3O. The Labute approximate surface area is 139 Å². The van der Waals surface area contributed by atoms with Crippen LogP contribution < -0.4 is 5.32 Å². The zero-order valence-corrected chi connectivity index (χ0v) is 13.6. The average molecular weight is 333 g/mol. The molecule has 1 atom stereocenters. The predicted molar refractivity (Wildman–Crippen MR) is 87.7 cm³/mol. The molecule has 2 heterocycles. The normalized spacial score (nSPS) is 18.5. The number of aromatic nitrogens is 1. The van der Waals surface area contributed by atoms with E-state index in [9.17, 15) is 13.6 Å². The molecule has 4 nitrogen and oxygen atoms in total. The van der Waals surface area contributed by atoms with E-state index < -0.39 is 11.6 Å². The van der Waals surface area contributed by atoms with Crippen LogP contribution in [-0.2, 0) is 6.54 Å². The first-order valence-electron chi connectivity index (χ1n) is 8.14. The third kappa shape index (κ3) is 3.64. The van der Waals surface area contributed by atoms with Crippen molar-refractivity contribution in [1.29, 1.82) is 0 Å². The van der Waals surface area contributed by atoms with Crippen LogP contribution in [-0.4, -0.2) is 34.9 Å². The largest absolute Gasteiger partial charge is 0.365 e. The summed E-state index contributed by atoms with van der Waals surface area (Å²) in [6.07, 6.45) is 3.48. The Morgan fingerprint density at radius 1 is 1.33 bits per heavy atom. The number of H-pyrrole nitrogens is 1. The number of hydrogen-bond donors (Lipinski definition) is 2. The second kappa shape index (κ2) is 7.13. The monoisotopic (exact) mass is 333 g/mol. The molecule has 1 aliphatic rings.